The second kappa shape index (κ2) is 5.38. The van der Waals surface area contributed by atoms with Crippen molar-refractivity contribution in [2.24, 2.45) is 5.41 Å². The van der Waals surface area contributed by atoms with Crippen molar-refractivity contribution < 1.29 is 5.11 Å². The van der Waals surface area contributed by atoms with Crippen LogP contribution in [0.2, 0.25) is 5.02 Å². The Morgan fingerprint density at radius 3 is 2.40 bits per heavy atom. The molecule has 0 heterocycles. The topological polar surface area (TPSA) is 20.2 Å². The van der Waals surface area contributed by atoms with Gasteiger partial charge in [0.1, 0.15) is 0 Å². The fraction of sp³-hybridized carbons (Fsp3) is 0.444. The minimum atomic E-state index is -0.392. The summed E-state index contributed by atoms with van der Waals surface area (Å²) in [6.45, 7) is 2.20. The average molecular weight is 289 g/mol. The molecule has 20 heavy (non-hydrogen) atoms. The van der Waals surface area contributed by atoms with E-state index in [-0.39, 0.29) is 5.41 Å². The molecule has 1 fully saturated rings. The average Bonchev–Trinajstić information content (AvgIpc) is 2.97. The highest BCUT2D eigenvalue weighted by molar-refractivity contribution is 6.35. The molecule has 106 valence electrons. The molecule has 1 atom stereocenters. The zero-order valence-electron chi connectivity index (χ0n) is 11.9. The molecule has 2 heteroatoms. The number of aliphatic hydroxyl groups excluding tert-OH is 1. The van der Waals surface area contributed by atoms with Gasteiger partial charge >= 0.3 is 0 Å². The van der Waals surface area contributed by atoms with E-state index in [1.54, 1.807) is 0 Å². The highest BCUT2D eigenvalue weighted by atomic mass is 35.5. The molecule has 3 rings (SSSR count). The monoisotopic (exact) mass is 288 g/mol. The normalized spacial score (nSPS) is 19.4. The Morgan fingerprint density at radius 2 is 1.75 bits per heavy atom. The Hall–Kier alpha value is -1.05. The van der Waals surface area contributed by atoms with Crippen LogP contribution in [-0.2, 0) is 0 Å². The van der Waals surface area contributed by atoms with Crippen LogP contribution in [0.1, 0.15) is 50.7 Å². The molecule has 0 radical (unpaired) electrons. The van der Waals surface area contributed by atoms with Crippen molar-refractivity contribution in [1.29, 1.82) is 0 Å². The smallest absolute Gasteiger partial charge is 0.0852 e. The minimum absolute atomic E-state index is 0.0522. The highest BCUT2D eigenvalue weighted by Crippen LogP contribution is 2.51. The number of rotatable bonds is 3. The van der Waals surface area contributed by atoms with Gasteiger partial charge in [-0.25, -0.2) is 0 Å². The van der Waals surface area contributed by atoms with Gasteiger partial charge in [-0.2, -0.15) is 0 Å². The zero-order chi connectivity index (χ0) is 14.2. The lowest BCUT2D eigenvalue weighted by molar-refractivity contribution is 0.0249. The maximum absolute atomic E-state index is 11.0. The Morgan fingerprint density at radius 1 is 1.10 bits per heavy atom. The van der Waals surface area contributed by atoms with Crippen molar-refractivity contribution in [3.05, 3.63) is 47.0 Å². The van der Waals surface area contributed by atoms with Gasteiger partial charge < -0.3 is 5.11 Å². The largest absolute Gasteiger partial charge is 0.388 e. The number of hydrogen-bond donors (Lipinski definition) is 1. The van der Waals surface area contributed by atoms with E-state index in [2.05, 4.69) is 13.0 Å². The fourth-order valence-electron chi connectivity index (χ4n) is 3.75. The van der Waals surface area contributed by atoms with Crippen molar-refractivity contribution in [2.45, 2.75) is 45.1 Å². The van der Waals surface area contributed by atoms with Crippen LogP contribution in [0.15, 0.2) is 36.4 Å². The minimum Gasteiger partial charge on any atom is -0.388 e. The molecule has 1 unspecified atom stereocenters. The molecule has 0 saturated heterocycles. The molecule has 1 saturated carbocycles. The third-order valence-corrected chi connectivity index (χ3v) is 5.41. The predicted molar refractivity (Wildman–Crippen MR) is 85.1 cm³/mol. The van der Waals surface area contributed by atoms with Crippen LogP contribution in [0.25, 0.3) is 10.8 Å². The van der Waals surface area contributed by atoms with Crippen molar-refractivity contribution in [3.63, 3.8) is 0 Å². The van der Waals surface area contributed by atoms with Crippen LogP contribution in [0.5, 0.6) is 0 Å². The molecule has 0 aromatic heterocycles. The first kappa shape index (κ1) is 13.9. The lowest BCUT2D eigenvalue weighted by Gasteiger charge is -2.34. The van der Waals surface area contributed by atoms with Crippen molar-refractivity contribution in [2.75, 3.05) is 0 Å². The van der Waals surface area contributed by atoms with E-state index < -0.39 is 6.10 Å². The first-order valence-electron chi connectivity index (χ1n) is 7.53. The lowest BCUT2D eigenvalue weighted by atomic mass is 9.74. The van der Waals surface area contributed by atoms with Crippen LogP contribution in [0, 0.1) is 5.41 Å². The van der Waals surface area contributed by atoms with E-state index in [1.807, 2.05) is 30.3 Å². The molecule has 0 spiro atoms. The summed E-state index contributed by atoms with van der Waals surface area (Å²) in [5.74, 6) is 0. The molecule has 1 aliphatic rings. The first-order chi connectivity index (χ1) is 9.68. The van der Waals surface area contributed by atoms with Crippen LogP contribution in [0.3, 0.4) is 0 Å². The van der Waals surface area contributed by atoms with E-state index in [4.69, 9.17) is 11.6 Å². The number of benzene rings is 2. The SMILES string of the molecule is CCC1(C(O)c2ccc(Cl)c3ccccc23)CCCC1. The second-order valence-corrected chi connectivity index (χ2v) is 6.41. The number of hydrogen-bond acceptors (Lipinski definition) is 1. The number of fused-ring (bicyclic) bond motifs is 1. The molecule has 1 N–H and O–H groups in total. The third kappa shape index (κ3) is 2.13. The first-order valence-corrected chi connectivity index (χ1v) is 7.91. The second-order valence-electron chi connectivity index (χ2n) is 6.01. The fourth-order valence-corrected chi connectivity index (χ4v) is 3.98. The van der Waals surface area contributed by atoms with E-state index in [0.717, 1.165) is 40.6 Å². The summed E-state index contributed by atoms with van der Waals surface area (Å²) in [5.41, 5.74) is 1.09. The molecule has 0 aliphatic heterocycles. The number of aliphatic hydroxyl groups is 1. The van der Waals surface area contributed by atoms with Gasteiger partial charge in [-0.05, 0) is 36.3 Å². The summed E-state index contributed by atoms with van der Waals surface area (Å²) in [7, 11) is 0. The van der Waals surface area contributed by atoms with Gasteiger partial charge in [-0.1, -0.05) is 61.7 Å². The van der Waals surface area contributed by atoms with Crippen molar-refractivity contribution >= 4 is 22.4 Å². The lowest BCUT2D eigenvalue weighted by Crippen LogP contribution is -2.25. The van der Waals surface area contributed by atoms with Gasteiger partial charge in [0.25, 0.3) is 0 Å². The third-order valence-electron chi connectivity index (χ3n) is 5.08. The van der Waals surface area contributed by atoms with Crippen LogP contribution in [-0.4, -0.2) is 5.11 Å². The van der Waals surface area contributed by atoms with Crippen LogP contribution in [0.4, 0.5) is 0 Å². The summed E-state index contributed by atoms with van der Waals surface area (Å²) in [4.78, 5) is 0. The molecule has 1 nitrogen and oxygen atoms in total. The van der Waals surface area contributed by atoms with Gasteiger partial charge in [0.05, 0.1) is 6.10 Å². The summed E-state index contributed by atoms with van der Waals surface area (Å²) in [6, 6.07) is 12.0. The van der Waals surface area contributed by atoms with Crippen molar-refractivity contribution in [3.8, 4) is 0 Å². The van der Waals surface area contributed by atoms with Gasteiger partial charge in [0, 0.05) is 15.8 Å². The summed E-state index contributed by atoms with van der Waals surface area (Å²) < 4.78 is 0. The van der Waals surface area contributed by atoms with E-state index in [0.29, 0.717) is 0 Å². The van der Waals surface area contributed by atoms with Crippen LogP contribution < -0.4 is 0 Å². The number of halogens is 1. The summed E-state index contributed by atoms with van der Waals surface area (Å²) in [6.07, 6.45) is 5.36. The Kier molecular flexibility index (Phi) is 3.74. The van der Waals surface area contributed by atoms with Crippen molar-refractivity contribution in [1.82, 2.24) is 0 Å². The Bertz CT molecular complexity index is 614. The molecular formula is C18H21ClO. The molecular weight excluding hydrogens is 268 g/mol. The maximum atomic E-state index is 11.0. The Balaban J connectivity index is 2.12. The summed E-state index contributed by atoms with van der Waals surface area (Å²) in [5, 5.41) is 13.9. The highest BCUT2D eigenvalue weighted by Gasteiger charge is 2.40. The molecule has 0 amide bonds. The molecule has 2 aromatic carbocycles. The quantitative estimate of drug-likeness (QED) is 0.791. The molecule has 1 aliphatic carbocycles. The molecule has 2 aromatic rings. The Labute approximate surface area is 125 Å². The van der Waals surface area contributed by atoms with E-state index >= 15 is 0 Å². The zero-order valence-corrected chi connectivity index (χ0v) is 12.7. The maximum Gasteiger partial charge on any atom is 0.0852 e. The van der Waals surface area contributed by atoms with Crippen LogP contribution >= 0.6 is 11.6 Å². The van der Waals surface area contributed by atoms with E-state index in [1.165, 1.54) is 12.8 Å². The molecule has 0 bridgehead atoms. The van der Waals surface area contributed by atoms with Gasteiger partial charge in [-0.3, -0.25) is 0 Å². The van der Waals surface area contributed by atoms with Gasteiger partial charge in [0.2, 0.25) is 0 Å². The van der Waals surface area contributed by atoms with E-state index in [9.17, 15) is 5.11 Å². The standard InChI is InChI=1S/C18H21ClO/c1-2-18(11-5-6-12-18)17(20)15-9-10-16(19)14-8-4-3-7-13(14)15/h3-4,7-10,17,20H,2,5-6,11-12H2,1H3. The van der Waals surface area contributed by atoms with Gasteiger partial charge in [0.15, 0.2) is 0 Å². The van der Waals surface area contributed by atoms with Gasteiger partial charge in [-0.15, -0.1) is 0 Å². The summed E-state index contributed by atoms with van der Waals surface area (Å²) >= 11 is 6.28. The predicted octanol–water partition coefficient (Wildman–Crippen LogP) is 5.50.